The summed E-state index contributed by atoms with van der Waals surface area (Å²) in [6, 6.07) is -0.503. The van der Waals surface area contributed by atoms with Crippen molar-refractivity contribution in [2.45, 2.75) is 161 Å². The highest BCUT2D eigenvalue weighted by atomic mass is 16.6. The van der Waals surface area contributed by atoms with Crippen LogP contribution >= 0.6 is 0 Å². The maximum absolute atomic E-state index is 14.3. The second-order valence-electron chi connectivity index (χ2n) is 17.7. The number of aromatic nitrogens is 1. The number of fused-ring (bicyclic) bond motifs is 1. The van der Waals surface area contributed by atoms with E-state index < -0.39 is 95.2 Å². The van der Waals surface area contributed by atoms with Gasteiger partial charge in [0.15, 0.2) is 5.96 Å². The van der Waals surface area contributed by atoms with Crippen molar-refractivity contribution in [2.75, 3.05) is 13.1 Å². The van der Waals surface area contributed by atoms with Crippen LogP contribution in [0.15, 0.2) is 30.5 Å². The molecule has 1 fully saturated rings. The minimum Gasteiger partial charge on any atom is -0.458 e. The molecule has 0 saturated carbocycles. The quantitative estimate of drug-likeness (QED) is 0.0535. The summed E-state index contributed by atoms with van der Waals surface area (Å²) in [7, 11) is 0. The van der Waals surface area contributed by atoms with E-state index >= 15 is 0 Å². The number of nitrogens with one attached hydrogen (secondary N) is 11. The van der Waals surface area contributed by atoms with E-state index in [0.29, 0.717) is 12.8 Å². The van der Waals surface area contributed by atoms with Crippen LogP contribution in [0, 0.1) is 5.41 Å². The molecule has 2 aromatic rings. The van der Waals surface area contributed by atoms with Gasteiger partial charge in [0.25, 0.3) is 0 Å². The lowest BCUT2D eigenvalue weighted by molar-refractivity contribution is -0.158. The topological polar surface area (TPSA) is 320 Å². The van der Waals surface area contributed by atoms with Gasteiger partial charge in [0.1, 0.15) is 41.9 Å². The number of nitrogens with two attached hydrogens (primary N) is 1. The molecule has 0 bridgehead atoms. The van der Waals surface area contributed by atoms with Crippen LogP contribution in [0.1, 0.15) is 106 Å². The van der Waals surface area contributed by atoms with E-state index in [1.165, 1.54) is 13.8 Å². The Bertz CT molecular complexity index is 2000. The van der Waals surface area contributed by atoms with Gasteiger partial charge in [0.2, 0.25) is 41.4 Å². The van der Waals surface area contributed by atoms with Crippen molar-refractivity contribution in [1.29, 1.82) is 5.41 Å². The van der Waals surface area contributed by atoms with Crippen molar-refractivity contribution in [3.05, 3.63) is 36.0 Å². The third-order valence-corrected chi connectivity index (χ3v) is 10.4. The number of ether oxygens (including phenoxy) is 1. The molecule has 7 amide bonds. The van der Waals surface area contributed by atoms with E-state index in [9.17, 15) is 38.4 Å². The molecule has 2 heterocycles. The zero-order valence-corrected chi connectivity index (χ0v) is 38.8. The number of rotatable bonds is 13. The van der Waals surface area contributed by atoms with Gasteiger partial charge in [-0.1, -0.05) is 32.0 Å². The van der Waals surface area contributed by atoms with Crippen molar-refractivity contribution in [3.63, 3.8) is 0 Å². The normalized spacial score (nSPS) is 22.1. The number of aromatic amines is 1. The number of esters is 1. The van der Waals surface area contributed by atoms with E-state index in [4.69, 9.17) is 15.9 Å². The van der Waals surface area contributed by atoms with Gasteiger partial charge in [-0.25, -0.2) is 4.79 Å². The monoisotopic (exact) mass is 911 g/mol. The number of hydrogen-bond acceptors (Lipinski definition) is 11. The molecule has 1 saturated heterocycles. The molecule has 1 aromatic carbocycles. The fourth-order valence-corrected chi connectivity index (χ4v) is 6.98. The Morgan fingerprint density at radius 2 is 1.55 bits per heavy atom. The first-order chi connectivity index (χ1) is 30.5. The van der Waals surface area contributed by atoms with Gasteiger partial charge >= 0.3 is 5.97 Å². The lowest BCUT2D eigenvalue weighted by Gasteiger charge is -2.27. The summed E-state index contributed by atoms with van der Waals surface area (Å²) in [6.45, 7) is 13.6. The van der Waals surface area contributed by atoms with E-state index in [0.717, 1.165) is 16.5 Å². The summed E-state index contributed by atoms with van der Waals surface area (Å²) in [5, 5.41) is 32.8. The number of carbonyl (C=O) groups is 8. The van der Waals surface area contributed by atoms with Crippen molar-refractivity contribution in [3.8, 4) is 0 Å². The first-order valence-electron chi connectivity index (χ1n) is 22.2. The molecule has 7 atom stereocenters. The SMILES string of the molecule is CC(C)N[C@@H](C)C(=O)N[C@H]1CCCCNC(=O)CC[C@@H](C(=O)N[C@@H](Cc2c[nH]c3ccccc23)C(=O)OC(C)(C)C)NC(=O)[C@H](CCCNC(=N)N)NC(=O)[C@H](C)NC(=O)[C@H](C)NC1=O. The molecular formula is C44H70N12O9. The Kier molecular flexibility index (Phi) is 20.7. The van der Waals surface area contributed by atoms with Crippen LogP contribution in [-0.2, 0) is 49.5 Å². The Labute approximate surface area is 380 Å². The standard InChI is InChI=1S/C44H70N12O9/c1-24(2)50-25(3)37(59)53-31-16-11-12-20-47-35(57)19-18-33(41(63)56-34(42(64)65-44(6,7)8)22-28-23-49-30-15-10-9-14-29(28)30)55-40(62)32(17-13-21-48-43(45)46)54-38(60)27(5)51-36(58)26(4)52-39(31)61/h9-10,14-15,23-27,31-34,49-50H,11-13,16-22H2,1-8H3,(H,47,57)(H,51,58)(H,52,61)(H,53,59)(H,54,60)(H,55,62)(H,56,63)(H4,45,46,48)/t25-,26-,27-,31-,32-,33-,34-/m0/s1. The molecule has 21 heteroatoms. The molecule has 1 aliphatic heterocycles. The molecular weight excluding hydrogens is 841 g/mol. The zero-order valence-electron chi connectivity index (χ0n) is 38.8. The Morgan fingerprint density at radius 1 is 0.892 bits per heavy atom. The molecule has 0 radical (unpaired) electrons. The highest BCUT2D eigenvalue weighted by Crippen LogP contribution is 2.21. The van der Waals surface area contributed by atoms with Crippen LogP contribution < -0.4 is 53.6 Å². The predicted octanol–water partition coefficient (Wildman–Crippen LogP) is -0.269. The van der Waals surface area contributed by atoms with Crippen LogP contribution in [0.2, 0.25) is 0 Å². The minimum atomic E-state index is -1.39. The number of hydrogen-bond donors (Lipinski definition) is 12. The Morgan fingerprint density at radius 3 is 2.22 bits per heavy atom. The summed E-state index contributed by atoms with van der Waals surface area (Å²) in [6.07, 6.45) is 2.46. The van der Waals surface area contributed by atoms with Crippen molar-refractivity contribution >= 4 is 64.2 Å². The van der Waals surface area contributed by atoms with Crippen LogP contribution in [0.4, 0.5) is 0 Å². The number of guanidine groups is 1. The molecule has 0 spiro atoms. The summed E-state index contributed by atoms with van der Waals surface area (Å²) in [4.78, 5) is 112. The average molecular weight is 911 g/mol. The number of H-pyrrole nitrogens is 1. The third kappa shape index (κ3) is 18.4. The first-order valence-corrected chi connectivity index (χ1v) is 22.2. The van der Waals surface area contributed by atoms with Crippen LogP contribution in [-0.4, -0.2) is 125 Å². The Hall–Kier alpha value is -6.25. The van der Waals surface area contributed by atoms with Crippen molar-refractivity contribution < 1.29 is 43.1 Å². The second-order valence-corrected chi connectivity index (χ2v) is 17.7. The molecule has 65 heavy (non-hydrogen) atoms. The predicted molar refractivity (Wildman–Crippen MR) is 244 cm³/mol. The first kappa shape index (κ1) is 53.1. The van der Waals surface area contributed by atoms with E-state index in [1.807, 2.05) is 38.1 Å². The van der Waals surface area contributed by atoms with Gasteiger partial charge in [-0.3, -0.25) is 39.0 Å². The smallest absolute Gasteiger partial charge is 0.329 e. The number of benzene rings is 1. The average Bonchev–Trinajstić information content (AvgIpc) is 3.63. The summed E-state index contributed by atoms with van der Waals surface area (Å²) in [5.41, 5.74) is 6.06. The fourth-order valence-electron chi connectivity index (χ4n) is 6.98. The lowest BCUT2D eigenvalue weighted by Crippen LogP contribution is -2.59. The maximum atomic E-state index is 14.3. The molecule has 0 aliphatic carbocycles. The Balaban J connectivity index is 1.95. The molecule has 360 valence electrons. The van der Waals surface area contributed by atoms with Crippen LogP contribution in [0.5, 0.6) is 0 Å². The minimum absolute atomic E-state index is 0.0121. The highest BCUT2D eigenvalue weighted by Gasteiger charge is 2.34. The highest BCUT2D eigenvalue weighted by molar-refractivity contribution is 5.97. The van der Waals surface area contributed by atoms with E-state index in [2.05, 4.69) is 52.8 Å². The largest absolute Gasteiger partial charge is 0.458 e. The molecule has 21 nitrogen and oxygen atoms in total. The molecule has 13 N–H and O–H groups in total. The maximum Gasteiger partial charge on any atom is 0.329 e. The molecule has 3 rings (SSSR count). The molecule has 1 aromatic heterocycles. The zero-order chi connectivity index (χ0) is 48.4. The fraction of sp³-hybridized carbons (Fsp3) is 0.614. The van der Waals surface area contributed by atoms with Gasteiger partial charge in [0, 0.05) is 49.1 Å². The number of para-hydroxylation sites is 1. The van der Waals surface area contributed by atoms with Gasteiger partial charge in [-0.05, 0) is 91.7 Å². The third-order valence-electron chi connectivity index (χ3n) is 10.4. The van der Waals surface area contributed by atoms with Gasteiger partial charge in [-0.15, -0.1) is 0 Å². The van der Waals surface area contributed by atoms with Crippen molar-refractivity contribution in [1.82, 2.24) is 52.8 Å². The summed E-state index contributed by atoms with van der Waals surface area (Å²) < 4.78 is 5.70. The molecule has 1 aliphatic rings. The summed E-state index contributed by atoms with van der Waals surface area (Å²) in [5.74, 6) is -5.62. The molecule has 0 unspecified atom stereocenters. The lowest BCUT2D eigenvalue weighted by atomic mass is 10.0. The van der Waals surface area contributed by atoms with Crippen LogP contribution in [0.3, 0.4) is 0 Å². The van der Waals surface area contributed by atoms with E-state index in [-0.39, 0.29) is 63.6 Å². The van der Waals surface area contributed by atoms with Gasteiger partial charge in [-0.2, -0.15) is 0 Å². The van der Waals surface area contributed by atoms with E-state index in [1.54, 1.807) is 33.9 Å². The number of amides is 7. The van der Waals surface area contributed by atoms with Gasteiger partial charge < -0.3 is 63.3 Å². The van der Waals surface area contributed by atoms with Gasteiger partial charge in [0.05, 0.1) is 6.04 Å². The second kappa shape index (κ2) is 25.3. The summed E-state index contributed by atoms with van der Waals surface area (Å²) >= 11 is 0. The number of carbonyl (C=O) groups excluding carboxylic acids is 8. The van der Waals surface area contributed by atoms with Crippen molar-refractivity contribution in [2.24, 2.45) is 5.73 Å². The van der Waals surface area contributed by atoms with Crippen LogP contribution in [0.25, 0.3) is 10.9 Å².